The molecular weight excluding hydrogens is 348 g/mol. The quantitative estimate of drug-likeness (QED) is 0.778. The first-order valence-corrected chi connectivity index (χ1v) is 11.2. The van der Waals surface area contributed by atoms with E-state index in [1.165, 1.54) is 19.3 Å². The van der Waals surface area contributed by atoms with Gasteiger partial charge in [-0.3, -0.25) is 0 Å². The summed E-state index contributed by atoms with van der Waals surface area (Å²) in [5, 5.41) is 4.70. The molecule has 26 heavy (non-hydrogen) atoms. The van der Waals surface area contributed by atoms with Crippen LogP contribution in [0.4, 0.5) is 5.69 Å². The van der Waals surface area contributed by atoms with Gasteiger partial charge in [0.25, 0.3) is 0 Å². The number of nitrogens with zero attached hydrogens (tertiary/aromatic N) is 2. The summed E-state index contributed by atoms with van der Waals surface area (Å²) in [5.41, 5.74) is 3.12. The molecule has 0 spiro atoms. The predicted octanol–water partition coefficient (Wildman–Crippen LogP) is 3.12. The monoisotopic (exact) mass is 376 g/mol. The largest absolute Gasteiger partial charge is 0.381 e. The summed E-state index contributed by atoms with van der Waals surface area (Å²) < 4.78 is 26.7. The highest BCUT2D eigenvalue weighted by molar-refractivity contribution is 7.89. The molecule has 0 aliphatic heterocycles. The van der Waals surface area contributed by atoms with Crippen LogP contribution in [0, 0.1) is 18.8 Å². The fourth-order valence-electron chi connectivity index (χ4n) is 4.07. The second kappa shape index (κ2) is 6.85. The number of aromatic amines is 1. The molecule has 2 N–H and O–H groups in total. The van der Waals surface area contributed by atoms with Crippen LogP contribution in [0.5, 0.6) is 0 Å². The van der Waals surface area contributed by atoms with Crippen molar-refractivity contribution in [3.63, 3.8) is 0 Å². The molecule has 2 aromatic rings. The number of rotatable bonds is 7. The molecule has 0 radical (unpaired) electrons. The summed E-state index contributed by atoms with van der Waals surface area (Å²) in [7, 11) is -1.39. The van der Waals surface area contributed by atoms with E-state index in [1.807, 2.05) is 18.5 Å². The van der Waals surface area contributed by atoms with Crippen LogP contribution in [0.3, 0.4) is 0 Å². The molecule has 2 aliphatic rings. The summed E-state index contributed by atoms with van der Waals surface area (Å²) in [6.07, 6.45) is 9.18. The SMILES string of the molecule is Cc1cnc2[nH]ccc2c1N[C@H]1C[C@@H](CS(=O)(=O)N(C)CC2CCC2)C1. The number of aromatic nitrogens is 2. The molecule has 0 bridgehead atoms. The van der Waals surface area contributed by atoms with Crippen molar-refractivity contribution >= 4 is 26.7 Å². The highest BCUT2D eigenvalue weighted by Gasteiger charge is 2.35. The molecule has 2 aliphatic carbocycles. The summed E-state index contributed by atoms with van der Waals surface area (Å²) in [5.74, 6) is 1.11. The highest BCUT2D eigenvalue weighted by atomic mass is 32.2. The Morgan fingerprint density at radius 1 is 1.31 bits per heavy atom. The Bertz CT molecular complexity index is 882. The lowest BCUT2D eigenvalue weighted by molar-refractivity contribution is 0.258. The second-order valence-electron chi connectivity index (χ2n) is 8.09. The number of H-pyrrole nitrogens is 1. The molecule has 7 heteroatoms. The molecule has 0 amide bonds. The van der Waals surface area contributed by atoms with E-state index < -0.39 is 10.0 Å². The molecule has 2 aromatic heterocycles. The molecule has 6 nitrogen and oxygen atoms in total. The smallest absolute Gasteiger partial charge is 0.214 e. The van der Waals surface area contributed by atoms with Gasteiger partial charge in [-0.2, -0.15) is 0 Å². The molecule has 0 atom stereocenters. The van der Waals surface area contributed by atoms with Crippen LogP contribution in [-0.2, 0) is 10.0 Å². The number of hydrogen-bond donors (Lipinski definition) is 2. The van der Waals surface area contributed by atoms with Crippen molar-refractivity contribution in [1.82, 2.24) is 14.3 Å². The summed E-state index contributed by atoms with van der Waals surface area (Å²) in [6.45, 7) is 2.75. The van der Waals surface area contributed by atoms with Crippen LogP contribution in [0.25, 0.3) is 11.0 Å². The van der Waals surface area contributed by atoms with Crippen LogP contribution in [0.15, 0.2) is 18.5 Å². The van der Waals surface area contributed by atoms with Gasteiger partial charge < -0.3 is 10.3 Å². The lowest BCUT2D eigenvalue weighted by atomic mass is 9.81. The Morgan fingerprint density at radius 2 is 2.08 bits per heavy atom. The Morgan fingerprint density at radius 3 is 2.77 bits per heavy atom. The fourth-order valence-corrected chi connectivity index (χ4v) is 5.63. The van der Waals surface area contributed by atoms with E-state index in [4.69, 9.17) is 0 Å². The van der Waals surface area contributed by atoms with Crippen molar-refractivity contribution in [1.29, 1.82) is 0 Å². The van der Waals surface area contributed by atoms with Crippen LogP contribution in [0.1, 0.15) is 37.7 Å². The number of nitrogens with one attached hydrogen (secondary N) is 2. The third-order valence-corrected chi connectivity index (χ3v) is 8.01. The fraction of sp³-hybridized carbons (Fsp3) is 0.632. The Hall–Kier alpha value is -1.60. The molecular formula is C19H28N4O2S. The van der Waals surface area contributed by atoms with Gasteiger partial charge in [-0.15, -0.1) is 0 Å². The lowest BCUT2D eigenvalue weighted by Gasteiger charge is -2.38. The van der Waals surface area contributed by atoms with Crippen LogP contribution < -0.4 is 5.32 Å². The number of hydrogen-bond acceptors (Lipinski definition) is 4. The first-order valence-electron chi connectivity index (χ1n) is 9.55. The van der Waals surface area contributed by atoms with E-state index in [-0.39, 0.29) is 11.7 Å². The molecule has 142 valence electrons. The third-order valence-electron chi connectivity index (χ3n) is 6.02. The van der Waals surface area contributed by atoms with E-state index in [0.29, 0.717) is 18.5 Å². The van der Waals surface area contributed by atoms with Crippen molar-refractivity contribution in [2.45, 2.75) is 45.1 Å². The van der Waals surface area contributed by atoms with Crippen molar-refractivity contribution in [2.24, 2.45) is 11.8 Å². The van der Waals surface area contributed by atoms with Gasteiger partial charge in [0.05, 0.1) is 5.75 Å². The summed E-state index contributed by atoms with van der Waals surface area (Å²) in [4.78, 5) is 7.53. The number of pyridine rings is 1. The standard InChI is InChI=1S/C19H28N4O2S/c1-13-10-21-19-17(6-7-20-19)18(13)22-16-8-15(9-16)12-26(24,25)23(2)11-14-4-3-5-14/h6-7,10,14-16H,3-5,8-9,11-12H2,1-2H3,(H2,20,21,22)/t15-,16+. The normalized spacial score (nSPS) is 23.8. The van der Waals surface area contributed by atoms with Gasteiger partial charge in [-0.25, -0.2) is 17.7 Å². The van der Waals surface area contributed by atoms with E-state index in [2.05, 4.69) is 22.2 Å². The Labute approximate surface area is 155 Å². The van der Waals surface area contributed by atoms with E-state index >= 15 is 0 Å². The summed E-state index contributed by atoms with van der Waals surface area (Å²) >= 11 is 0. The predicted molar refractivity (Wildman–Crippen MR) is 105 cm³/mol. The second-order valence-corrected chi connectivity index (χ2v) is 10.2. The zero-order chi connectivity index (χ0) is 18.3. The van der Waals surface area contributed by atoms with Crippen LogP contribution in [0.2, 0.25) is 0 Å². The maximum atomic E-state index is 12.6. The van der Waals surface area contributed by atoms with Crippen molar-refractivity contribution in [3.8, 4) is 0 Å². The molecule has 2 heterocycles. The van der Waals surface area contributed by atoms with Crippen molar-refractivity contribution in [3.05, 3.63) is 24.0 Å². The highest BCUT2D eigenvalue weighted by Crippen LogP contribution is 2.35. The molecule has 0 unspecified atom stereocenters. The van der Waals surface area contributed by atoms with Gasteiger partial charge in [0.1, 0.15) is 5.65 Å². The van der Waals surface area contributed by atoms with E-state index in [1.54, 1.807) is 11.4 Å². The minimum Gasteiger partial charge on any atom is -0.381 e. The molecule has 0 saturated heterocycles. The van der Waals surface area contributed by atoms with E-state index in [0.717, 1.165) is 35.1 Å². The average molecular weight is 377 g/mol. The summed E-state index contributed by atoms with van der Waals surface area (Å²) in [6, 6.07) is 2.37. The topological polar surface area (TPSA) is 78.1 Å². The van der Waals surface area contributed by atoms with Gasteiger partial charge in [-0.05, 0) is 56.1 Å². The van der Waals surface area contributed by atoms with Crippen molar-refractivity contribution in [2.75, 3.05) is 24.7 Å². The third kappa shape index (κ3) is 3.47. The Kier molecular flexibility index (Phi) is 4.69. The average Bonchev–Trinajstić information content (AvgIpc) is 2.99. The van der Waals surface area contributed by atoms with Gasteiger partial charge in [0, 0.05) is 43.1 Å². The minimum atomic E-state index is -3.13. The van der Waals surface area contributed by atoms with Gasteiger partial charge in [-0.1, -0.05) is 6.42 Å². The van der Waals surface area contributed by atoms with Gasteiger partial charge in [0.15, 0.2) is 0 Å². The first kappa shape index (κ1) is 17.8. The van der Waals surface area contributed by atoms with Crippen molar-refractivity contribution < 1.29 is 8.42 Å². The van der Waals surface area contributed by atoms with E-state index in [9.17, 15) is 8.42 Å². The maximum Gasteiger partial charge on any atom is 0.214 e. The molecule has 2 saturated carbocycles. The molecule has 0 aromatic carbocycles. The number of aryl methyl sites for hydroxylation is 1. The Balaban J connectivity index is 1.32. The molecule has 4 rings (SSSR count). The first-order chi connectivity index (χ1) is 12.4. The van der Waals surface area contributed by atoms with Gasteiger partial charge >= 0.3 is 0 Å². The zero-order valence-corrected chi connectivity index (χ0v) is 16.3. The maximum absolute atomic E-state index is 12.6. The molecule has 2 fully saturated rings. The van der Waals surface area contributed by atoms with Gasteiger partial charge in [0.2, 0.25) is 10.0 Å². The zero-order valence-electron chi connectivity index (χ0n) is 15.5. The number of anilines is 1. The number of fused-ring (bicyclic) bond motifs is 1. The van der Waals surface area contributed by atoms with Crippen LogP contribution >= 0.6 is 0 Å². The lowest BCUT2D eigenvalue weighted by Crippen LogP contribution is -2.43. The van der Waals surface area contributed by atoms with Crippen LogP contribution in [-0.4, -0.2) is 48.1 Å². The number of sulfonamides is 1. The minimum absolute atomic E-state index is 0.255.